The molecule has 1 aromatic heterocycles. The number of methoxy groups -OCH3 is 1. The molecule has 6 nitrogen and oxygen atoms in total. The number of aromatic nitrogens is 1. The Balaban J connectivity index is 1.76. The smallest absolute Gasteiger partial charge is 0.296 e. The number of hydrogen-bond donors (Lipinski definition) is 2. The zero-order valence-corrected chi connectivity index (χ0v) is 15.0. The van der Waals surface area contributed by atoms with Crippen LogP contribution in [0, 0.1) is 12.7 Å². The van der Waals surface area contributed by atoms with Crippen LogP contribution in [-0.2, 0) is 9.53 Å². The number of amides is 1. The number of halogens is 1. The quantitative estimate of drug-likeness (QED) is 0.379. The number of fused-ring (bicyclic) bond motifs is 1. The van der Waals surface area contributed by atoms with Crippen LogP contribution < -0.4 is 10.1 Å². The van der Waals surface area contributed by atoms with Gasteiger partial charge in [-0.25, -0.2) is 4.39 Å². The summed E-state index contributed by atoms with van der Waals surface area (Å²) in [4.78, 5) is 28.1. The number of hydrogen-bond acceptors (Lipinski definition) is 4. The normalized spacial score (nSPS) is 10.8. The van der Waals surface area contributed by atoms with Gasteiger partial charge in [0.25, 0.3) is 11.7 Å². The van der Waals surface area contributed by atoms with E-state index in [1.54, 1.807) is 19.1 Å². The van der Waals surface area contributed by atoms with E-state index in [1.165, 1.54) is 19.2 Å². The number of aryl methyl sites for hydroxylation is 1. The highest BCUT2D eigenvalue weighted by molar-refractivity contribution is 6.48. The number of para-hydroxylation sites is 1. The first kappa shape index (κ1) is 18.6. The maximum atomic E-state index is 14.1. The maximum Gasteiger partial charge on any atom is 0.296 e. The van der Waals surface area contributed by atoms with Crippen LogP contribution >= 0.6 is 0 Å². The number of carbonyl (C=O) groups is 2. The molecule has 0 aliphatic rings. The predicted octanol–water partition coefficient (Wildman–Crippen LogP) is 3.46. The van der Waals surface area contributed by atoms with E-state index in [0.29, 0.717) is 23.3 Å². The summed E-state index contributed by atoms with van der Waals surface area (Å²) in [6, 6.07) is 11.2. The van der Waals surface area contributed by atoms with Gasteiger partial charge in [0.2, 0.25) is 0 Å². The van der Waals surface area contributed by atoms with Crippen molar-refractivity contribution in [3.8, 4) is 5.75 Å². The zero-order chi connectivity index (χ0) is 19.4. The molecule has 2 N–H and O–H groups in total. The van der Waals surface area contributed by atoms with Crippen LogP contribution in [0.25, 0.3) is 10.9 Å². The van der Waals surface area contributed by atoms with Gasteiger partial charge >= 0.3 is 0 Å². The molecule has 1 heterocycles. The lowest BCUT2D eigenvalue weighted by molar-refractivity contribution is -0.112. The molecule has 0 fully saturated rings. The van der Waals surface area contributed by atoms with E-state index in [4.69, 9.17) is 9.47 Å². The van der Waals surface area contributed by atoms with E-state index < -0.39 is 17.5 Å². The van der Waals surface area contributed by atoms with E-state index in [2.05, 4.69) is 10.3 Å². The molecule has 0 radical (unpaired) electrons. The van der Waals surface area contributed by atoms with Gasteiger partial charge in [-0.1, -0.05) is 18.2 Å². The lowest BCUT2D eigenvalue weighted by atomic mass is 10.1. The summed E-state index contributed by atoms with van der Waals surface area (Å²) in [6.45, 7) is 2.26. The zero-order valence-electron chi connectivity index (χ0n) is 15.0. The molecule has 3 aromatic rings. The fourth-order valence-electron chi connectivity index (χ4n) is 2.80. The van der Waals surface area contributed by atoms with Crippen molar-refractivity contribution in [3.63, 3.8) is 0 Å². The van der Waals surface area contributed by atoms with Crippen molar-refractivity contribution in [2.75, 3.05) is 25.6 Å². The Labute approximate surface area is 155 Å². The Morgan fingerprint density at radius 3 is 2.67 bits per heavy atom. The molecule has 140 valence electrons. The molecule has 0 bridgehead atoms. The van der Waals surface area contributed by atoms with Crippen LogP contribution in [0.2, 0.25) is 0 Å². The molecule has 7 heteroatoms. The minimum Gasteiger partial charge on any atom is -0.488 e. The third-order valence-corrected chi connectivity index (χ3v) is 4.06. The molecule has 1 amide bonds. The first-order valence-corrected chi connectivity index (χ1v) is 8.35. The number of anilines is 1. The second kappa shape index (κ2) is 8.01. The number of H-pyrrole nitrogens is 1. The fraction of sp³-hybridized carbons (Fsp3) is 0.200. The van der Waals surface area contributed by atoms with Crippen molar-refractivity contribution in [1.82, 2.24) is 4.98 Å². The number of carbonyl (C=O) groups excluding carboxylic acids is 2. The highest BCUT2D eigenvalue weighted by atomic mass is 19.1. The molecule has 0 aliphatic heterocycles. The average Bonchev–Trinajstić information content (AvgIpc) is 2.98. The van der Waals surface area contributed by atoms with Crippen molar-refractivity contribution >= 4 is 28.3 Å². The van der Waals surface area contributed by atoms with Crippen LogP contribution in [0.4, 0.5) is 10.1 Å². The van der Waals surface area contributed by atoms with Crippen molar-refractivity contribution in [1.29, 1.82) is 0 Å². The highest BCUT2D eigenvalue weighted by Crippen LogP contribution is 2.24. The Morgan fingerprint density at radius 2 is 1.93 bits per heavy atom. The predicted molar refractivity (Wildman–Crippen MR) is 99.8 cm³/mol. The molecular weight excluding hydrogens is 351 g/mol. The third kappa shape index (κ3) is 3.98. The van der Waals surface area contributed by atoms with E-state index in [1.807, 2.05) is 12.1 Å². The molecule has 27 heavy (non-hydrogen) atoms. The first-order valence-electron chi connectivity index (χ1n) is 8.35. The Morgan fingerprint density at radius 1 is 1.15 bits per heavy atom. The van der Waals surface area contributed by atoms with Crippen molar-refractivity contribution in [2.45, 2.75) is 6.92 Å². The molecule has 0 saturated carbocycles. The molecular formula is C20H19FN2O4. The van der Waals surface area contributed by atoms with Crippen LogP contribution in [0.1, 0.15) is 16.1 Å². The van der Waals surface area contributed by atoms with Gasteiger partial charge in [0.15, 0.2) is 11.6 Å². The molecule has 2 aromatic carbocycles. The lowest BCUT2D eigenvalue weighted by Gasteiger charge is -2.09. The minimum absolute atomic E-state index is 0.0452. The van der Waals surface area contributed by atoms with Gasteiger partial charge in [0.05, 0.1) is 12.2 Å². The monoisotopic (exact) mass is 370 g/mol. The number of rotatable bonds is 7. The number of nitrogens with one attached hydrogen (secondary N) is 2. The summed E-state index contributed by atoms with van der Waals surface area (Å²) in [6.07, 6.45) is 0. The summed E-state index contributed by atoms with van der Waals surface area (Å²) in [5, 5.41) is 3.10. The number of ketones is 1. The maximum absolute atomic E-state index is 14.1. The largest absolute Gasteiger partial charge is 0.488 e. The number of Topliss-reactive ketones (excluding diaryl/α,β-unsaturated/α-hetero) is 1. The summed E-state index contributed by atoms with van der Waals surface area (Å²) in [5.74, 6) is -2.12. The van der Waals surface area contributed by atoms with Crippen LogP contribution in [0.5, 0.6) is 5.75 Å². The highest BCUT2D eigenvalue weighted by Gasteiger charge is 2.23. The molecule has 0 atom stereocenters. The van der Waals surface area contributed by atoms with Gasteiger partial charge in [0.1, 0.15) is 6.61 Å². The Kier molecular flexibility index (Phi) is 5.52. The van der Waals surface area contributed by atoms with E-state index in [-0.39, 0.29) is 18.0 Å². The topological polar surface area (TPSA) is 80.4 Å². The number of aromatic amines is 1. The van der Waals surface area contributed by atoms with E-state index in [0.717, 1.165) is 11.6 Å². The van der Waals surface area contributed by atoms with Crippen LogP contribution in [-0.4, -0.2) is 37.0 Å². The lowest BCUT2D eigenvalue weighted by Crippen LogP contribution is -2.23. The summed E-state index contributed by atoms with van der Waals surface area (Å²) >= 11 is 0. The van der Waals surface area contributed by atoms with Gasteiger partial charge < -0.3 is 19.8 Å². The van der Waals surface area contributed by atoms with E-state index in [9.17, 15) is 14.0 Å². The summed E-state index contributed by atoms with van der Waals surface area (Å²) in [5.41, 5.74) is 1.85. The molecule has 0 saturated heterocycles. The van der Waals surface area contributed by atoms with Crippen LogP contribution in [0.3, 0.4) is 0 Å². The standard InChI is InChI=1S/C20H19FN2O4/c1-12-18(14-5-3-4-6-16(14)22-12)19(24)20(25)23-13-7-8-17(15(21)11-13)27-10-9-26-2/h3-8,11,22H,9-10H2,1-2H3,(H,23,25). The second-order valence-corrected chi connectivity index (χ2v) is 5.94. The molecule has 0 aliphatic carbocycles. The van der Waals surface area contributed by atoms with Crippen molar-refractivity contribution < 1.29 is 23.5 Å². The van der Waals surface area contributed by atoms with E-state index >= 15 is 0 Å². The van der Waals surface area contributed by atoms with Gasteiger partial charge in [-0.2, -0.15) is 0 Å². The summed E-state index contributed by atoms with van der Waals surface area (Å²) in [7, 11) is 1.52. The van der Waals surface area contributed by atoms with Gasteiger partial charge in [-0.05, 0) is 25.1 Å². The van der Waals surface area contributed by atoms with Gasteiger partial charge in [-0.3, -0.25) is 9.59 Å². The van der Waals surface area contributed by atoms with Gasteiger partial charge in [0, 0.05) is 35.5 Å². The Hall–Kier alpha value is -3.19. The Bertz CT molecular complexity index is 997. The summed E-state index contributed by atoms with van der Waals surface area (Å²) < 4.78 is 24.1. The minimum atomic E-state index is -0.838. The SMILES string of the molecule is COCCOc1ccc(NC(=O)C(=O)c2c(C)[nH]c3ccccc23)cc1F. The number of benzene rings is 2. The molecule has 0 unspecified atom stereocenters. The number of ether oxygens (including phenoxy) is 2. The second-order valence-electron chi connectivity index (χ2n) is 5.94. The van der Waals surface area contributed by atoms with Crippen molar-refractivity contribution in [3.05, 3.63) is 59.5 Å². The third-order valence-electron chi connectivity index (χ3n) is 4.06. The average molecular weight is 370 g/mol. The van der Waals surface area contributed by atoms with Crippen LogP contribution in [0.15, 0.2) is 42.5 Å². The van der Waals surface area contributed by atoms with Gasteiger partial charge in [-0.15, -0.1) is 0 Å². The molecule has 0 spiro atoms. The first-order chi connectivity index (χ1) is 13.0. The fourth-order valence-corrected chi connectivity index (χ4v) is 2.80. The van der Waals surface area contributed by atoms with Crippen molar-refractivity contribution in [2.24, 2.45) is 0 Å². The molecule has 3 rings (SSSR count).